The minimum absolute atomic E-state index is 0.0661. The molecule has 1 amide bonds. The third kappa shape index (κ3) is 4.33. The molecular weight excluding hydrogens is 266 g/mol. The van der Waals surface area contributed by atoms with Gasteiger partial charge in [-0.15, -0.1) is 0 Å². The second kappa shape index (κ2) is 7.45. The zero-order valence-corrected chi connectivity index (χ0v) is 12.0. The average molecular weight is 285 g/mol. The van der Waals surface area contributed by atoms with Crippen LogP contribution in [0, 0.1) is 6.92 Å². The minimum atomic E-state index is -0.200. The number of ether oxygens (including phenoxy) is 1. The second-order valence-corrected chi connectivity index (χ2v) is 4.72. The Morgan fingerprint density at radius 1 is 1.14 bits per heavy atom. The molecule has 0 saturated heterocycles. The maximum atomic E-state index is 11.7. The first-order valence-corrected chi connectivity index (χ1v) is 6.87. The molecule has 4 nitrogen and oxygen atoms in total. The number of aliphatic hydroxyl groups is 1. The van der Waals surface area contributed by atoms with E-state index in [1.807, 2.05) is 31.2 Å². The Balaban J connectivity index is 1.93. The van der Waals surface area contributed by atoms with E-state index in [1.54, 1.807) is 24.3 Å². The van der Waals surface area contributed by atoms with Gasteiger partial charge in [0.2, 0.25) is 0 Å². The maximum absolute atomic E-state index is 11.7. The predicted octanol–water partition coefficient (Wildman–Crippen LogP) is 2.30. The van der Waals surface area contributed by atoms with Crippen LogP contribution in [-0.2, 0) is 6.61 Å². The molecule has 0 fully saturated rings. The molecule has 2 rings (SSSR count). The first-order chi connectivity index (χ1) is 10.2. The van der Waals surface area contributed by atoms with Gasteiger partial charge >= 0.3 is 0 Å². The van der Waals surface area contributed by atoms with Gasteiger partial charge in [0.05, 0.1) is 6.61 Å². The van der Waals surface area contributed by atoms with E-state index >= 15 is 0 Å². The average Bonchev–Trinajstić information content (AvgIpc) is 2.52. The van der Waals surface area contributed by atoms with E-state index < -0.39 is 0 Å². The number of carbonyl (C=O) groups excluding carboxylic acids is 1. The van der Waals surface area contributed by atoms with Gasteiger partial charge in [0.25, 0.3) is 5.91 Å². The molecule has 2 N–H and O–H groups in total. The number of hydrogen-bond donors (Lipinski definition) is 2. The summed E-state index contributed by atoms with van der Waals surface area (Å²) >= 11 is 0. The van der Waals surface area contributed by atoms with Crippen molar-refractivity contribution in [3.05, 3.63) is 65.2 Å². The lowest BCUT2D eigenvalue weighted by atomic mass is 10.1. The van der Waals surface area contributed by atoms with Crippen LogP contribution in [0.3, 0.4) is 0 Å². The maximum Gasteiger partial charge on any atom is 0.251 e. The number of carbonyl (C=O) groups is 1. The Kier molecular flexibility index (Phi) is 5.35. The largest absolute Gasteiger partial charge is 0.489 e. The highest BCUT2D eigenvalue weighted by molar-refractivity contribution is 5.94. The first kappa shape index (κ1) is 15.1. The van der Waals surface area contributed by atoms with Crippen molar-refractivity contribution in [3.8, 4) is 5.75 Å². The fraction of sp³-hybridized carbons (Fsp3) is 0.235. The summed E-state index contributed by atoms with van der Waals surface area (Å²) < 4.78 is 5.72. The second-order valence-electron chi connectivity index (χ2n) is 4.72. The molecule has 2 aromatic carbocycles. The Morgan fingerprint density at radius 3 is 2.52 bits per heavy atom. The number of hydrogen-bond acceptors (Lipinski definition) is 3. The van der Waals surface area contributed by atoms with E-state index in [0.717, 1.165) is 11.3 Å². The Labute approximate surface area is 124 Å². The molecule has 0 aliphatic heterocycles. The molecule has 4 heteroatoms. The van der Waals surface area contributed by atoms with E-state index in [-0.39, 0.29) is 19.1 Å². The molecule has 0 aromatic heterocycles. The van der Waals surface area contributed by atoms with E-state index in [1.165, 1.54) is 5.56 Å². The smallest absolute Gasteiger partial charge is 0.251 e. The predicted molar refractivity (Wildman–Crippen MR) is 81.4 cm³/mol. The van der Waals surface area contributed by atoms with Crippen molar-refractivity contribution in [1.29, 1.82) is 0 Å². The molecule has 0 saturated carbocycles. The summed E-state index contributed by atoms with van der Waals surface area (Å²) in [6, 6.07) is 15.0. The topological polar surface area (TPSA) is 58.6 Å². The van der Waals surface area contributed by atoms with Crippen LogP contribution in [0.1, 0.15) is 21.5 Å². The van der Waals surface area contributed by atoms with E-state index in [4.69, 9.17) is 9.84 Å². The quantitative estimate of drug-likeness (QED) is 0.856. The Hall–Kier alpha value is -2.33. The lowest BCUT2D eigenvalue weighted by molar-refractivity contribution is 0.0944. The van der Waals surface area contributed by atoms with E-state index in [2.05, 4.69) is 5.32 Å². The standard InChI is InChI=1S/C17H19NO3/c1-13-4-2-3-5-15(13)12-21-16-8-6-14(7-9-16)17(20)18-10-11-19/h2-9,19H,10-12H2,1H3,(H,18,20). The van der Waals surface area contributed by atoms with Crippen LogP contribution in [0.5, 0.6) is 5.75 Å². The lowest BCUT2D eigenvalue weighted by Gasteiger charge is -2.09. The van der Waals surface area contributed by atoms with Gasteiger partial charge in [-0.05, 0) is 42.3 Å². The third-order valence-electron chi connectivity index (χ3n) is 3.17. The van der Waals surface area contributed by atoms with Gasteiger partial charge < -0.3 is 15.2 Å². The highest BCUT2D eigenvalue weighted by atomic mass is 16.5. The van der Waals surface area contributed by atoms with Crippen LogP contribution in [0.25, 0.3) is 0 Å². The summed E-state index contributed by atoms with van der Waals surface area (Å²) in [5.41, 5.74) is 2.88. The van der Waals surface area contributed by atoms with Crippen LogP contribution >= 0.6 is 0 Å². The molecule has 0 bridgehead atoms. The number of benzene rings is 2. The zero-order valence-electron chi connectivity index (χ0n) is 12.0. The highest BCUT2D eigenvalue weighted by Gasteiger charge is 2.05. The van der Waals surface area contributed by atoms with Gasteiger partial charge in [-0.1, -0.05) is 24.3 Å². The molecule has 0 spiro atoms. The summed E-state index contributed by atoms with van der Waals surface area (Å²) in [5.74, 6) is 0.520. The molecule has 0 atom stereocenters. The monoisotopic (exact) mass is 285 g/mol. The van der Waals surface area contributed by atoms with Gasteiger partial charge in [-0.25, -0.2) is 0 Å². The van der Waals surface area contributed by atoms with Gasteiger partial charge in [0.1, 0.15) is 12.4 Å². The van der Waals surface area contributed by atoms with Gasteiger partial charge in [-0.3, -0.25) is 4.79 Å². The van der Waals surface area contributed by atoms with Crippen LogP contribution in [0.4, 0.5) is 0 Å². The Bertz CT molecular complexity index is 593. The number of amides is 1. The zero-order chi connectivity index (χ0) is 15.1. The lowest BCUT2D eigenvalue weighted by Crippen LogP contribution is -2.26. The van der Waals surface area contributed by atoms with Crippen LogP contribution in [0.2, 0.25) is 0 Å². The fourth-order valence-corrected chi connectivity index (χ4v) is 1.91. The van der Waals surface area contributed by atoms with Crippen LogP contribution in [-0.4, -0.2) is 24.2 Å². The SMILES string of the molecule is Cc1ccccc1COc1ccc(C(=O)NCCO)cc1. The molecule has 0 unspecified atom stereocenters. The van der Waals surface area contributed by atoms with Crippen LogP contribution in [0.15, 0.2) is 48.5 Å². The molecular formula is C17H19NO3. The molecule has 110 valence electrons. The summed E-state index contributed by atoms with van der Waals surface area (Å²) in [6.07, 6.45) is 0. The number of aryl methyl sites for hydroxylation is 1. The van der Waals surface area contributed by atoms with Crippen molar-refractivity contribution < 1.29 is 14.6 Å². The minimum Gasteiger partial charge on any atom is -0.489 e. The molecule has 0 radical (unpaired) electrons. The van der Waals surface area contributed by atoms with Crippen molar-refractivity contribution in [2.75, 3.05) is 13.2 Å². The fourth-order valence-electron chi connectivity index (χ4n) is 1.91. The summed E-state index contributed by atoms with van der Waals surface area (Å²) in [4.78, 5) is 11.7. The van der Waals surface area contributed by atoms with Crippen molar-refractivity contribution in [2.24, 2.45) is 0 Å². The van der Waals surface area contributed by atoms with Gasteiger partial charge in [0.15, 0.2) is 0 Å². The summed E-state index contributed by atoms with van der Waals surface area (Å²) in [6.45, 7) is 2.74. The first-order valence-electron chi connectivity index (χ1n) is 6.87. The van der Waals surface area contributed by atoms with Crippen molar-refractivity contribution in [2.45, 2.75) is 13.5 Å². The summed E-state index contributed by atoms with van der Waals surface area (Å²) in [7, 11) is 0. The van der Waals surface area contributed by atoms with Crippen molar-refractivity contribution >= 4 is 5.91 Å². The van der Waals surface area contributed by atoms with Crippen molar-refractivity contribution in [3.63, 3.8) is 0 Å². The molecule has 0 aliphatic carbocycles. The van der Waals surface area contributed by atoms with Crippen molar-refractivity contribution in [1.82, 2.24) is 5.32 Å². The van der Waals surface area contributed by atoms with E-state index in [9.17, 15) is 4.79 Å². The van der Waals surface area contributed by atoms with Crippen LogP contribution < -0.4 is 10.1 Å². The summed E-state index contributed by atoms with van der Waals surface area (Å²) in [5, 5.41) is 11.3. The third-order valence-corrected chi connectivity index (χ3v) is 3.17. The highest BCUT2D eigenvalue weighted by Crippen LogP contribution is 2.15. The normalized spacial score (nSPS) is 10.2. The van der Waals surface area contributed by atoms with Gasteiger partial charge in [0, 0.05) is 12.1 Å². The van der Waals surface area contributed by atoms with E-state index in [0.29, 0.717) is 12.2 Å². The number of rotatable bonds is 6. The molecule has 21 heavy (non-hydrogen) atoms. The molecule has 0 aliphatic rings. The Morgan fingerprint density at radius 2 is 1.86 bits per heavy atom. The number of nitrogens with one attached hydrogen (secondary N) is 1. The van der Waals surface area contributed by atoms with Gasteiger partial charge in [-0.2, -0.15) is 0 Å². The molecule has 0 heterocycles. The number of aliphatic hydroxyl groups excluding tert-OH is 1. The molecule has 2 aromatic rings.